The molecule has 0 aromatic carbocycles. The first-order valence-corrected chi connectivity index (χ1v) is 6.22. The third-order valence-corrected chi connectivity index (χ3v) is 2.90. The van der Waals surface area contributed by atoms with Crippen LogP contribution in [0.5, 0.6) is 0 Å². The van der Waals surface area contributed by atoms with Crippen LogP contribution in [0.1, 0.15) is 40.0 Å². The Morgan fingerprint density at radius 2 is 1.72 bits per heavy atom. The monoisotopic (exact) mass is 266 g/mol. The maximum Gasteiger partial charge on any atom is 0.408 e. The molecule has 18 heavy (non-hydrogen) atoms. The fourth-order valence-electron chi connectivity index (χ4n) is 2.02. The first-order valence-electron chi connectivity index (χ1n) is 6.22. The topological polar surface area (TPSA) is 32.3 Å². The van der Waals surface area contributed by atoms with Crippen LogP contribution in [0.2, 0.25) is 0 Å². The summed E-state index contributed by atoms with van der Waals surface area (Å²) in [6, 6.07) is -2.37. The number of urea groups is 1. The molecule has 0 radical (unpaired) electrons. The van der Waals surface area contributed by atoms with Crippen LogP contribution in [0, 0.1) is 5.41 Å². The summed E-state index contributed by atoms with van der Waals surface area (Å²) in [5, 5.41) is 2.12. The van der Waals surface area contributed by atoms with Gasteiger partial charge in [0.1, 0.15) is 6.04 Å². The summed E-state index contributed by atoms with van der Waals surface area (Å²) in [6.45, 7) is 6.28. The zero-order valence-electron chi connectivity index (χ0n) is 11.1. The Bertz CT molecular complexity index is 291. The number of hydrogen-bond donors (Lipinski definition) is 1. The zero-order chi connectivity index (χ0) is 14.0. The number of nitrogens with zero attached hydrogens (tertiary/aromatic N) is 1. The van der Waals surface area contributed by atoms with E-state index in [1.807, 2.05) is 0 Å². The molecule has 0 aromatic rings. The van der Waals surface area contributed by atoms with Crippen molar-refractivity contribution in [1.82, 2.24) is 10.2 Å². The molecule has 0 saturated carbocycles. The first kappa shape index (κ1) is 15.1. The van der Waals surface area contributed by atoms with E-state index < -0.39 is 23.7 Å². The Balaban J connectivity index is 2.63. The smallest absolute Gasteiger partial charge is 0.326 e. The van der Waals surface area contributed by atoms with Crippen molar-refractivity contribution in [3.63, 3.8) is 0 Å². The quantitative estimate of drug-likeness (QED) is 0.818. The van der Waals surface area contributed by atoms with Crippen molar-refractivity contribution in [2.24, 2.45) is 5.41 Å². The highest BCUT2D eigenvalue weighted by Gasteiger charge is 2.43. The Morgan fingerprint density at radius 1 is 1.22 bits per heavy atom. The number of nitrogens with one attached hydrogen (secondary N) is 1. The van der Waals surface area contributed by atoms with E-state index in [2.05, 4.69) is 5.32 Å². The Labute approximate surface area is 106 Å². The summed E-state index contributed by atoms with van der Waals surface area (Å²) in [5.41, 5.74) is -0.488. The summed E-state index contributed by atoms with van der Waals surface area (Å²) in [7, 11) is 0. The fraction of sp³-hybridized carbons (Fsp3) is 0.917. The molecule has 1 unspecified atom stereocenters. The number of likely N-dealkylation sites (tertiary alicyclic amines) is 1. The minimum Gasteiger partial charge on any atom is -0.326 e. The molecule has 3 nitrogen and oxygen atoms in total. The lowest BCUT2D eigenvalue weighted by molar-refractivity contribution is -0.159. The molecule has 1 N–H and O–H groups in total. The molecule has 1 heterocycles. The molecule has 1 aliphatic rings. The van der Waals surface area contributed by atoms with Crippen molar-refractivity contribution in [1.29, 1.82) is 0 Å². The Kier molecular flexibility index (Phi) is 4.50. The molecule has 1 atom stereocenters. The van der Waals surface area contributed by atoms with Crippen molar-refractivity contribution in [2.45, 2.75) is 52.3 Å². The van der Waals surface area contributed by atoms with Gasteiger partial charge in [0.15, 0.2) is 0 Å². The van der Waals surface area contributed by atoms with Gasteiger partial charge in [-0.2, -0.15) is 13.2 Å². The van der Waals surface area contributed by atoms with E-state index in [0.29, 0.717) is 13.1 Å². The third kappa shape index (κ3) is 4.74. The van der Waals surface area contributed by atoms with Gasteiger partial charge in [-0.25, -0.2) is 4.79 Å². The second-order valence-electron chi connectivity index (χ2n) is 6.00. The van der Waals surface area contributed by atoms with Gasteiger partial charge in [0, 0.05) is 13.1 Å². The molecule has 106 valence electrons. The average Bonchev–Trinajstić information content (AvgIpc) is 2.65. The van der Waals surface area contributed by atoms with E-state index in [1.165, 1.54) is 4.90 Å². The maximum atomic E-state index is 12.9. The predicted octanol–water partition coefficient (Wildman–Crippen LogP) is 3.16. The van der Waals surface area contributed by atoms with Crippen molar-refractivity contribution in [2.75, 3.05) is 13.1 Å². The second-order valence-corrected chi connectivity index (χ2v) is 6.00. The number of alkyl halides is 3. The molecule has 1 saturated heterocycles. The van der Waals surface area contributed by atoms with Gasteiger partial charge in [-0.3, -0.25) is 0 Å². The van der Waals surface area contributed by atoms with Crippen LogP contribution in [-0.4, -0.2) is 36.2 Å². The first-order chi connectivity index (χ1) is 8.09. The molecule has 0 aromatic heterocycles. The Hall–Kier alpha value is -0.940. The molecule has 2 amide bonds. The Morgan fingerprint density at radius 3 is 2.11 bits per heavy atom. The van der Waals surface area contributed by atoms with Crippen LogP contribution in [0.3, 0.4) is 0 Å². The van der Waals surface area contributed by atoms with Crippen LogP contribution in [0.15, 0.2) is 0 Å². The number of halogens is 3. The number of carbonyl (C=O) groups is 1. The van der Waals surface area contributed by atoms with Crippen molar-refractivity contribution < 1.29 is 18.0 Å². The molecule has 1 fully saturated rings. The van der Waals surface area contributed by atoms with Crippen molar-refractivity contribution in [3.8, 4) is 0 Å². The molecular weight excluding hydrogens is 245 g/mol. The number of rotatable bonds is 2. The van der Waals surface area contributed by atoms with Gasteiger partial charge >= 0.3 is 12.2 Å². The number of hydrogen-bond acceptors (Lipinski definition) is 1. The van der Waals surface area contributed by atoms with Crippen LogP contribution >= 0.6 is 0 Å². The summed E-state index contributed by atoms with van der Waals surface area (Å²) in [5.74, 6) is 0. The maximum absolute atomic E-state index is 12.9. The minimum absolute atomic E-state index is 0.115. The van der Waals surface area contributed by atoms with Crippen LogP contribution in [0.25, 0.3) is 0 Å². The highest BCUT2D eigenvalue weighted by molar-refractivity contribution is 5.74. The molecule has 0 spiro atoms. The predicted molar refractivity (Wildman–Crippen MR) is 63.3 cm³/mol. The molecule has 0 aliphatic carbocycles. The summed E-state index contributed by atoms with van der Waals surface area (Å²) >= 11 is 0. The lowest BCUT2D eigenvalue weighted by Crippen LogP contribution is -2.51. The lowest BCUT2D eigenvalue weighted by atomic mass is 9.88. The largest absolute Gasteiger partial charge is 0.408 e. The normalized spacial score (nSPS) is 18.9. The van der Waals surface area contributed by atoms with Gasteiger partial charge in [-0.15, -0.1) is 0 Å². The van der Waals surface area contributed by atoms with Gasteiger partial charge in [0.05, 0.1) is 0 Å². The van der Waals surface area contributed by atoms with Crippen molar-refractivity contribution in [3.05, 3.63) is 0 Å². The number of carbonyl (C=O) groups excluding carboxylic acids is 1. The molecular formula is C12H21F3N2O. The molecule has 0 bridgehead atoms. The number of amides is 2. The highest BCUT2D eigenvalue weighted by atomic mass is 19.4. The molecule has 1 rings (SSSR count). The van der Waals surface area contributed by atoms with E-state index in [1.54, 1.807) is 20.8 Å². The van der Waals surface area contributed by atoms with Crippen LogP contribution < -0.4 is 5.32 Å². The van der Waals surface area contributed by atoms with Crippen LogP contribution in [-0.2, 0) is 0 Å². The minimum atomic E-state index is -4.40. The van der Waals surface area contributed by atoms with Gasteiger partial charge in [0.2, 0.25) is 0 Å². The van der Waals surface area contributed by atoms with Crippen LogP contribution in [0.4, 0.5) is 18.0 Å². The second kappa shape index (κ2) is 5.36. The van der Waals surface area contributed by atoms with Gasteiger partial charge < -0.3 is 10.2 Å². The van der Waals surface area contributed by atoms with Gasteiger partial charge in [0.25, 0.3) is 0 Å². The summed E-state index contributed by atoms with van der Waals surface area (Å²) in [4.78, 5) is 13.1. The average molecular weight is 266 g/mol. The van der Waals surface area contributed by atoms with E-state index in [0.717, 1.165) is 12.8 Å². The van der Waals surface area contributed by atoms with E-state index in [9.17, 15) is 18.0 Å². The molecule has 6 heteroatoms. The van der Waals surface area contributed by atoms with Gasteiger partial charge in [-0.05, 0) is 24.7 Å². The fourth-order valence-corrected chi connectivity index (χ4v) is 2.02. The summed E-state index contributed by atoms with van der Waals surface area (Å²) < 4.78 is 38.6. The van der Waals surface area contributed by atoms with Crippen molar-refractivity contribution >= 4 is 6.03 Å². The highest BCUT2D eigenvalue weighted by Crippen LogP contribution is 2.30. The lowest BCUT2D eigenvalue weighted by Gasteiger charge is -2.30. The third-order valence-electron chi connectivity index (χ3n) is 2.90. The van der Waals surface area contributed by atoms with Gasteiger partial charge in [-0.1, -0.05) is 20.8 Å². The molecule has 1 aliphatic heterocycles. The zero-order valence-corrected chi connectivity index (χ0v) is 11.1. The van der Waals surface area contributed by atoms with E-state index in [-0.39, 0.29) is 6.42 Å². The summed E-state index contributed by atoms with van der Waals surface area (Å²) in [6.07, 6.45) is -2.79. The van der Waals surface area contributed by atoms with E-state index in [4.69, 9.17) is 0 Å². The van der Waals surface area contributed by atoms with E-state index >= 15 is 0 Å². The standard InChI is InChI=1S/C12H21F3N2O/c1-11(2,3)8-9(12(13,14)15)16-10(18)17-6-4-5-7-17/h9H,4-8H2,1-3H3,(H,16,18). The SMILES string of the molecule is CC(C)(C)CC(NC(=O)N1CCCC1)C(F)(F)F.